The standard InChI is InChI=1S/C16H26N3.HPS/c1-5-17-14-18-11-6-12-19(3,4)13-16-9-7-15(2)8-10-16;1-2/h7-10H,5-6,11-13H2,1-4H3;1H/q+1;. The molecule has 116 valence electrons. The van der Waals surface area contributed by atoms with Gasteiger partial charge < -0.3 is 4.48 Å². The molecule has 1 aromatic rings. The second-order valence-corrected chi connectivity index (χ2v) is 5.61. The summed E-state index contributed by atoms with van der Waals surface area (Å²) >= 11 is 3.89. The molecule has 5 heteroatoms. The van der Waals surface area contributed by atoms with E-state index in [0.29, 0.717) is 0 Å². The highest BCUT2D eigenvalue weighted by Crippen LogP contribution is 2.11. The molecule has 0 N–H and O–H groups in total. The smallest absolute Gasteiger partial charge is 0.104 e. The van der Waals surface area contributed by atoms with Gasteiger partial charge in [-0.25, -0.2) is 9.98 Å². The fourth-order valence-corrected chi connectivity index (χ4v) is 2.02. The Kier molecular flexibility index (Phi) is 11.2. The van der Waals surface area contributed by atoms with Crippen molar-refractivity contribution in [2.45, 2.75) is 26.8 Å². The van der Waals surface area contributed by atoms with Crippen LogP contribution in [-0.4, -0.2) is 44.2 Å². The third kappa shape index (κ3) is 10.4. The van der Waals surface area contributed by atoms with Gasteiger partial charge in [0.2, 0.25) is 0 Å². The quantitative estimate of drug-likeness (QED) is 0.324. The van der Waals surface area contributed by atoms with Gasteiger partial charge in [-0.3, -0.25) is 0 Å². The maximum absolute atomic E-state index is 4.16. The molecule has 0 aliphatic rings. The monoisotopic (exact) mass is 324 g/mol. The van der Waals surface area contributed by atoms with Gasteiger partial charge in [-0.1, -0.05) is 41.6 Å². The van der Waals surface area contributed by atoms with E-state index in [1.54, 1.807) is 0 Å². The fraction of sp³-hybridized carbons (Fsp3) is 0.562. The van der Waals surface area contributed by atoms with Crippen LogP contribution in [0.15, 0.2) is 34.3 Å². The summed E-state index contributed by atoms with van der Waals surface area (Å²) in [5.41, 5.74) is 2.71. The van der Waals surface area contributed by atoms with Crippen molar-refractivity contribution in [2.75, 3.05) is 33.7 Å². The number of nitrogens with zero attached hydrogens (tertiary/aromatic N) is 3. The third-order valence-electron chi connectivity index (χ3n) is 3.06. The number of quaternary nitrogens is 1. The first kappa shape index (κ1) is 20.1. The largest absolute Gasteiger partial charge is 0.325 e. The topological polar surface area (TPSA) is 24.7 Å². The molecule has 0 heterocycles. The summed E-state index contributed by atoms with van der Waals surface area (Å²) in [5.74, 6) is 0. The van der Waals surface area contributed by atoms with Gasteiger partial charge in [0, 0.05) is 18.5 Å². The molecule has 0 unspecified atom stereocenters. The van der Waals surface area contributed by atoms with Crippen molar-refractivity contribution in [2.24, 2.45) is 9.98 Å². The van der Waals surface area contributed by atoms with Crippen molar-refractivity contribution in [3.63, 3.8) is 0 Å². The number of hydrogen-bond acceptors (Lipinski definition) is 3. The zero-order valence-corrected chi connectivity index (χ0v) is 15.4. The maximum Gasteiger partial charge on any atom is 0.104 e. The molecule has 21 heavy (non-hydrogen) atoms. The van der Waals surface area contributed by atoms with E-state index in [-0.39, 0.29) is 0 Å². The van der Waals surface area contributed by atoms with Crippen molar-refractivity contribution in [1.29, 1.82) is 0 Å². The van der Waals surface area contributed by atoms with E-state index in [9.17, 15) is 0 Å². The van der Waals surface area contributed by atoms with Crippen molar-refractivity contribution in [1.82, 2.24) is 0 Å². The first-order chi connectivity index (χ1) is 10.0. The number of aliphatic imine (C=N–C) groups is 2. The minimum Gasteiger partial charge on any atom is -0.325 e. The normalized spacial score (nSPS) is 10.1. The first-order valence-electron chi connectivity index (χ1n) is 7.19. The Bertz CT molecular complexity index is 451. The Morgan fingerprint density at radius 2 is 1.76 bits per heavy atom. The van der Waals surface area contributed by atoms with Gasteiger partial charge >= 0.3 is 0 Å². The van der Waals surface area contributed by atoms with E-state index in [0.717, 1.165) is 37.1 Å². The van der Waals surface area contributed by atoms with E-state index in [2.05, 4.69) is 81.1 Å². The van der Waals surface area contributed by atoms with Crippen LogP contribution in [0.3, 0.4) is 0 Å². The number of hydrogen-bond donors (Lipinski definition) is 0. The van der Waals surface area contributed by atoms with E-state index in [1.807, 2.05) is 6.92 Å². The Morgan fingerprint density at radius 3 is 2.33 bits per heavy atom. The lowest BCUT2D eigenvalue weighted by molar-refractivity contribution is -0.903. The highest BCUT2D eigenvalue weighted by molar-refractivity contribution is 7.88. The molecule has 0 spiro atoms. The van der Waals surface area contributed by atoms with Crippen LogP contribution in [0, 0.1) is 6.92 Å². The van der Waals surface area contributed by atoms with E-state index < -0.39 is 0 Å². The highest BCUT2D eigenvalue weighted by atomic mass is 32.4. The maximum atomic E-state index is 4.16. The van der Waals surface area contributed by atoms with Crippen LogP contribution in [0.2, 0.25) is 0 Å². The van der Waals surface area contributed by atoms with Crippen molar-refractivity contribution in [3.8, 4) is 0 Å². The molecule has 0 bridgehead atoms. The number of aryl methyl sites for hydroxylation is 1. The molecular formula is C16H27N3PS+. The lowest BCUT2D eigenvalue weighted by atomic mass is 10.1. The molecule has 3 nitrogen and oxygen atoms in total. The molecule has 0 atom stereocenters. The van der Waals surface area contributed by atoms with Crippen molar-refractivity contribution >= 4 is 25.8 Å². The summed E-state index contributed by atoms with van der Waals surface area (Å²) in [6.07, 6.45) is 1.07. The summed E-state index contributed by atoms with van der Waals surface area (Å²) in [7, 11) is 7.09. The van der Waals surface area contributed by atoms with Gasteiger partial charge in [-0.05, 0) is 21.9 Å². The molecule has 0 radical (unpaired) electrons. The molecular weight excluding hydrogens is 297 g/mol. The first-order valence-corrected chi connectivity index (χ1v) is 8.83. The Balaban J connectivity index is 0.00000191. The van der Waals surface area contributed by atoms with Crippen LogP contribution in [0.5, 0.6) is 0 Å². The van der Waals surface area contributed by atoms with Crippen LogP contribution >= 0.6 is 8.02 Å². The molecule has 0 saturated carbocycles. The predicted molar refractivity (Wildman–Crippen MR) is 97.4 cm³/mol. The second-order valence-electron chi connectivity index (χ2n) is 5.61. The van der Waals surface area contributed by atoms with Crippen LogP contribution < -0.4 is 0 Å². The molecule has 0 aromatic heterocycles. The molecule has 0 fully saturated rings. The SMILES string of the molecule is CCN=C=NCCC[N+](C)(C)Cc1ccc(C)cc1.P=S. The Labute approximate surface area is 136 Å². The van der Waals surface area contributed by atoms with E-state index in [1.165, 1.54) is 11.1 Å². The highest BCUT2D eigenvalue weighted by Gasteiger charge is 2.14. The van der Waals surface area contributed by atoms with E-state index in [4.69, 9.17) is 0 Å². The Hall–Kier alpha value is -0.920. The summed E-state index contributed by atoms with van der Waals surface area (Å²) < 4.78 is 0.990. The molecule has 1 aromatic carbocycles. The zero-order valence-electron chi connectivity index (χ0n) is 13.6. The molecule has 0 saturated heterocycles. The average molecular weight is 324 g/mol. The van der Waals surface area contributed by atoms with Gasteiger partial charge in [-0.15, -0.1) is 0 Å². The minimum absolute atomic E-state index is 0.762. The summed E-state index contributed by atoms with van der Waals surface area (Å²) in [5, 5.41) is 0. The fourth-order valence-electron chi connectivity index (χ4n) is 2.02. The third-order valence-corrected chi connectivity index (χ3v) is 3.06. The lowest BCUT2D eigenvalue weighted by Gasteiger charge is -2.29. The molecule has 0 aliphatic carbocycles. The number of benzene rings is 1. The van der Waals surface area contributed by atoms with Crippen molar-refractivity contribution < 1.29 is 4.48 Å². The molecule has 0 aliphatic heterocycles. The zero-order chi connectivity index (χ0) is 16.1. The second kappa shape index (κ2) is 11.7. The van der Waals surface area contributed by atoms with Crippen LogP contribution in [0.25, 0.3) is 0 Å². The van der Waals surface area contributed by atoms with Gasteiger partial charge in [-0.2, -0.15) is 0 Å². The average Bonchev–Trinajstić information content (AvgIpc) is 2.47. The van der Waals surface area contributed by atoms with Crippen LogP contribution in [0.4, 0.5) is 0 Å². The molecule has 1 rings (SSSR count). The summed E-state index contributed by atoms with van der Waals surface area (Å²) in [6, 6.07) is 11.5. The summed E-state index contributed by atoms with van der Waals surface area (Å²) in [4.78, 5) is 8.12. The summed E-state index contributed by atoms with van der Waals surface area (Å²) in [6.45, 7) is 7.87. The van der Waals surface area contributed by atoms with Gasteiger partial charge in [0.1, 0.15) is 6.54 Å². The Morgan fingerprint density at radius 1 is 1.14 bits per heavy atom. The van der Waals surface area contributed by atoms with Gasteiger partial charge in [0.25, 0.3) is 0 Å². The van der Waals surface area contributed by atoms with Crippen molar-refractivity contribution in [3.05, 3.63) is 35.4 Å². The van der Waals surface area contributed by atoms with E-state index >= 15 is 0 Å². The molecule has 0 amide bonds. The van der Waals surface area contributed by atoms with Gasteiger partial charge in [0.15, 0.2) is 0 Å². The van der Waals surface area contributed by atoms with Gasteiger partial charge in [0.05, 0.1) is 33.2 Å². The van der Waals surface area contributed by atoms with Crippen LogP contribution in [0.1, 0.15) is 24.5 Å². The lowest BCUT2D eigenvalue weighted by Crippen LogP contribution is -2.39. The minimum atomic E-state index is 0.762. The predicted octanol–water partition coefficient (Wildman–Crippen LogP) is 3.75. The number of rotatable bonds is 7. The van der Waals surface area contributed by atoms with Crippen LogP contribution in [-0.2, 0) is 18.4 Å².